The summed E-state index contributed by atoms with van der Waals surface area (Å²) in [6.45, 7) is 2.31. The average Bonchev–Trinajstić information content (AvgIpc) is 3.35. The maximum absolute atomic E-state index is 13.7. The maximum atomic E-state index is 13.7. The number of hydrazone groups is 1. The molecule has 2 aliphatic rings. The summed E-state index contributed by atoms with van der Waals surface area (Å²) < 4.78 is 13.7. The molecule has 6 heteroatoms. The summed E-state index contributed by atoms with van der Waals surface area (Å²) >= 11 is 1.61. The van der Waals surface area contributed by atoms with Gasteiger partial charge in [-0.1, -0.05) is 18.2 Å². The molecule has 1 atom stereocenters. The summed E-state index contributed by atoms with van der Waals surface area (Å²) in [5.41, 5.74) is 1.70. The molecule has 3 heterocycles. The molecule has 2 aliphatic heterocycles. The van der Waals surface area contributed by atoms with Crippen molar-refractivity contribution in [3.8, 4) is 0 Å². The minimum Gasteiger partial charge on any atom is -0.294 e. The fourth-order valence-corrected chi connectivity index (χ4v) is 4.23. The van der Waals surface area contributed by atoms with Crippen molar-refractivity contribution in [2.75, 3.05) is 19.6 Å². The third-order valence-electron chi connectivity index (χ3n) is 4.76. The van der Waals surface area contributed by atoms with Gasteiger partial charge in [-0.3, -0.25) is 9.69 Å². The van der Waals surface area contributed by atoms with Gasteiger partial charge < -0.3 is 0 Å². The van der Waals surface area contributed by atoms with Gasteiger partial charge in [0.2, 0.25) is 0 Å². The van der Waals surface area contributed by atoms with E-state index >= 15 is 0 Å². The lowest BCUT2D eigenvalue weighted by atomic mass is 10.0. The van der Waals surface area contributed by atoms with Crippen LogP contribution in [0.2, 0.25) is 0 Å². The van der Waals surface area contributed by atoms with Crippen molar-refractivity contribution in [3.05, 3.63) is 58.0 Å². The van der Waals surface area contributed by atoms with E-state index in [4.69, 9.17) is 0 Å². The number of halogens is 1. The number of likely N-dealkylation sites (tertiary alicyclic amines) is 1. The molecule has 25 heavy (non-hydrogen) atoms. The molecule has 0 radical (unpaired) electrons. The van der Waals surface area contributed by atoms with E-state index < -0.39 is 0 Å². The van der Waals surface area contributed by atoms with Crippen LogP contribution < -0.4 is 0 Å². The maximum Gasteiger partial charge on any atom is 0.257 e. The predicted octanol–water partition coefficient (Wildman–Crippen LogP) is 3.66. The van der Waals surface area contributed by atoms with E-state index in [1.54, 1.807) is 22.4 Å². The average molecular weight is 357 g/mol. The summed E-state index contributed by atoms with van der Waals surface area (Å²) in [5.74, 6) is -0.295. The van der Waals surface area contributed by atoms with E-state index in [9.17, 15) is 9.18 Å². The second-order valence-electron chi connectivity index (χ2n) is 6.52. The highest BCUT2D eigenvalue weighted by Gasteiger charge is 2.34. The Balaban J connectivity index is 1.61. The van der Waals surface area contributed by atoms with Crippen molar-refractivity contribution in [2.24, 2.45) is 5.10 Å². The SMILES string of the molecule is O=C(CN1CCCC1)N1N=C(c2cccs2)CC1c1cccc(F)c1. The van der Waals surface area contributed by atoms with E-state index in [-0.39, 0.29) is 17.8 Å². The minimum absolute atomic E-state index is 0.0114. The highest BCUT2D eigenvalue weighted by molar-refractivity contribution is 7.12. The zero-order chi connectivity index (χ0) is 17.2. The van der Waals surface area contributed by atoms with Gasteiger partial charge in [-0.15, -0.1) is 11.3 Å². The molecule has 0 N–H and O–H groups in total. The fraction of sp³-hybridized carbons (Fsp3) is 0.368. The van der Waals surface area contributed by atoms with E-state index in [1.807, 2.05) is 23.6 Å². The van der Waals surface area contributed by atoms with Crippen LogP contribution in [0.25, 0.3) is 0 Å². The van der Waals surface area contributed by atoms with E-state index in [0.29, 0.717) is 13.0 Å². The monoisotopic (exact) mass is 357 g/mol. The molecule has 4 nitrogen and oxygen atoms in total. The number of carbonyl (C=O) groups excluding carboxylic acids is 1. The Labute approximate surface area is 150 Å². The van der Waals surface area contributed by atoms with Crippen molar-refractivity contribution in [1.82, 2.24) is 9.91 Å². The van der Waals surface area contributed by atoms with Crippen LogP contribution in [0.15, 0.2) is 46.9 Å². The number of thiophene rings is 1. The summed E-state index contributed by atoms with van der Waals surface area (Å²) in [6, 6.07) is 10.3. The third kappa shape index (κ3) is 3.50. The Kier molecular flexibility index (Phi) is 4.63. The lowest BCUT2D eigenvalue weighted by molar-refractivity contribution is -0.134. The molecular weight excluding hydrogens is 337 g/mol. The van der Waals surface area contributed by atoms with Crippen LogP contribution in [0.3, 0.4) is 0 Å². The molecular formula is C19H20FN3OS. The molecule has 0 spiro atoms. The number of nitrogens with zero attached hydrogens (tertiary/aromatic N) is 3. The quantitative estimate of drug-likeness (QED) is 0.837. The van der Waals surface area contributed by atoms with Gasteiger partial charge >= 0.3 is 0 Å². The highest BCUT2D eigenvalue weighted by Crippen LogP contribution is 2.34. The first kappa shape index (κ1) is 16.4. The Morgan fingerprint density at radius 2 is 2.08 bits per heavy atom. The van der Waals surface area contributed by atoms with Gasteiger partial charge in [0.1, 0.15) is 5.82 Å². The van der Waals surface area contributed by atoms with Crippen LogP contribution in [-0.2, 0) is 4.79 Å². The van der Waals surface area contributed by atoms with Crippen LogP contribution in [0.5, 0.6) is 0 Å². The largest absolute Gasteiger partial charge is 0.294 e. The number of benzene rings is 1. The van der Waals surface area contributed by atoms with Crippen LogP contribution in [0, 0.1) is 5.82 Å². The van der Waals surface area contributed by atoms with Crippen molar-refractivity contribution in [2.45, 2.75) is 25.3 Å². The topological polar surface area (TPSA) is 35.9 Å². The summed E-state index contributed by atoms with van der Waals surface area (Å²) in [5, 5.41) is 8.20. The lowest BCUT2D eigenvalue weighted by Crippen LogP contribution is -2.36. The van der Waals surface area contributed by atoms with Crippen molar-refractivity contribution >= 4 is 23.0 Å². The second kappa shape index (κ2) is 7.06. The van der Waals surface area contributed by atoms with Gasteiger partial charge in [-0.25, -0.2) is 9.40 Å². The van der Waals surface area contributed by atoms with Gasteiger partial charge in [0.25, 0.3) is 5.91 Å². The number of amides is 1. The molecule has 0 aliphatic carbocycles. The number of carbonyl (C=O) groups is 1. The van der Waals surface area contributed by atoms with Gasteiger partial charge in [-0.2, -0.15) is 5.10 Å². The van der Waals surface area contributed by atoms with Crippen LogP contribution >= 0.6 is 11.3 Å². The molecule has 1 aromatic carbocycles. The molecule has 1 saturated heterocycles. The van der Waals surface area contributed by atoms with Crippen LogP contribution in [0.1, 0.15) is 35.7 Å². The Hall–Kier alpha value is -2.05. The van der Waals surface area contributed by atoms with Crippen LogP contribution in [-0.4, -0.2) is 41.2 Å². The molecule has 130 valence electrons. The molecule has 1 amide bonds. The standard InChI is InChI=1S/C19H20FN3OS/c20-15-6-3-5-14(11-15)17-12-16(18-7-4-10-25-18)21-23(17)19(24)13-22-8-1-2-9-22/h3-7,10-11,17H,1-2,8-9,12-13H2. The van der Waals surface area contributed by atoms with Gasteiger partial charge in [0.15, 0.2) is 0 Å². The minimum atomic E-state index is -0.283. The van der Waals surface area contributed by atoms with E-state index in [0.717, 1.165) is 42.1 Å². The first-order valence-corrected chi connectivity index (χ1v) is 9.50. The summed E-state index contributed by atoms with van der Waals surface area (Å²) in [4.78, 5) is 16.1. The number of rotatable bonds is 4. The molecule has 1 unspecified atom stereocenters. The number of hydrogen-bond acceptors (Lipinski definition) is 4. The molecule has 0 bridgehead atoms. The first-order valence-electron chi connectivity index (χ1n) is 8.62. The predicted molar refractivity (Wildman–Crippen MR) is 97.1 cm³/mol. The fourth-order valence-electron chi connectivity index (χ4n) is 3.51. The van der Waals surface area contributed by atoms with Crippen molar-refractivity contribution in [3.63, 3.8) is 0 Å². The lowest BCUT2D eigenvalue weighted by Gasteiger charge is -2.24. The summed E-state index contributed by atoms with van der Waals surface area (Å²) in [7, 11) is 0. The zero-order valence-corrected chi connectivity index (χ0v) is 14.7. The zero-order valence-electron chi connectivity index (χ0n) is 13.9. The van der Waals surface area contributed by atoms with Gasteiger partial charge in [0.05, 0.1) is 23.2 Å². The molecule has 2 aromatic rings. The Morgan fingerprint density at radius 1 is 1.24 bits per heavy atom. The van der Waals surface area contributed by atoms with Gasteiger partial charge in [-0.05, 0) is 55.1 Å². The number of hydrogen-bond donors (Lipinski definition) is 0. The Bertz CT molecular complexity index is 784. The Morgan fingerprint density at radius 3 is 2.80 bits per heavy atom. The second-order valence-corrected chi connectivity index (χ2v) is 7.47. The first-order chi connectivity index (χ1) is 12.2. The van der Waals surface area contributed by atoms with Crippen molar-refractivity contribution in [1.29, 1.82) is 0 Å². The highest BCUT2D eigenvalue weighted by atomic mass is 32.1. The molecule has 4 rings (SSSR count). The van der Waals surface area contributed by atoms with Crippen molar-refractivity contribution < 1.29 is 9.18 Å². The van der Waals surface area contributed by atoms with Crippen LogP contribution in [0.4, 0.5) is 4.39 Å². The molecule has 1 aromatic heterocycles. The summed E-state index contributed by atoms with van der Waals surface area (Å²) in [6.07, 6.45) is 2.91. The van der Waals surface area contributed by atoms with E-state index in [1.165, 1.54) is 12.1 Å². The molecule has 0 saturated carbocycles. The smallest absolute Gasteiger partial charge is 0.257 e. The third-order valence-corrected chi connectivity index (χ3v) is 5.68. The normalized spacial score (nSPS) is 20.9. The molecule has 1 fully saturated rings. The van der Waals surface area contributed by atoms with E-state index in [2.05, 4.69) is 10.0 Å². The van der Waals surface area contributed by atoms with Gasteiger partial charge in [0, 0.05) is 6.42 Å².